The second kappa shape index (κ2) is 16.4. The molecule has 162 valence electrons. The van der Waals surface area contributed by atoms with Crippen molar-refractivity contribution in [3.8, 4) is 0 Å². The molecule has 0 saturated carbocycles. The maximum Gasteiger partial charge on any atom is 2.00 e. The largest absolute Gasteiger partial charge is 2.00 e. The number of carbonyl (C=O) groups is 2. The molecule has 4 N–H and O–H groups in total. The maximum atomic E-state index is 10.6. The summed E-state index contributed by atoms with van der Waals surface area (Å²) >= 11 is 0. The SMILES string of the molecule is CCN(CC)CCCC(CC(=O)[O-])C(=O)[O-].NCC1(CN)CCOCC1.[Pt+2]. The van der Waals surface area contributed by atoms with Crippen molar-refractivity contribution >= 4 is 11.9 Å². The third-order valence-corrected chi connectivity index (χ3v) is 5.09. The van der Waals surface area contributed by atoms with Crippen LogP contribution in [0.25, 0.3) is 0 Å². The fourth-order valence-corrected chi connectivity index (χ4v) is 2.90. The topological polar surface area (TPSA) is 145 Å². The number of carboxylic acids is 2. The number of nitrogens with zero attached hydrogens (tertiary/aromatic N) is 1. The second-order valence-corrected chi connectivity index (χ2v) is 6.78. The summed E-state index contributed by atoms with van der Waals surface area (Å²) in [5, 5.41) is 20.9. The van der Waals surface area contributed by atoms with Gasteiger partial charge in [-0.2, -0.15) is 0 Å². The summed E-state index contributed by atoms with van der Waals surface area (Å²) in [6.45, 7) is 9.72. The first kappa shape index (κ1) is 28.7. The van der Waals surface area contributed by atoms with Crippen LogP contribution in [-0.2, 0) is 35.4 Å². The number of hydrogen-bond donors (Lipinski definition) is 2. The molecule has 1 aliphatic rings. The van der Waals surface area contributed by atoms with Crippen molar-refractivity contribution in [3.05, 3.63) is 0 Å². The van der Waals surface area contributed by atoms with E-state index in [1.54, 1.807) is 0 Å². The van der Waals surface area contributed by atoms with E-state index in [0.717, 1.165) is 45.7 Å². The number of aliphatic carboxylic acids is 2. The monoisotopic (exact) mass is 568 g/mol. The number of nitrogens with two attached hydrogens (primary N) is 2. The van der Waals surface area contributed by atoms with E-state index in [-0.39, 0.29) is 26.5 Å². The molecule has 9 heteroatoms. The summed E-state index contributed by atoms with van der Waals surface area (Å²) in [6, 6.07) is 0. The van der Waals surface area contributed by atoms with Gasteiger partial charge < -0.3 is 40.9 Å². The molecular weight excluding hydrogens is 533 g/mol. The minimum Gasteiger partial charge on any atom is -0.550 e. The molecule has 1 unspecified atom stereocenters. The number of hydrogen-bond acceptors (Lipinski definition) is 8. The van der Waals surface area contributed by atoms with Crippen molar-refractivity contribution < 1.29 is 45.6 Å². The second-order valence-electron chi connectivity index (χ2n) is 6.78. The van der Waals surface area contributed by atoms with Gasteiger partial charge >= 0.3 is 21.1 Å². The first-order chi connectivity index (χ1) is 12.3. The average Bonchev–Trinajstić information content (AvgIpc) is 2.65. The Balaban J connectivity index is 0. The molecule has 1 aliphatic heterocycles. The quantitative estimate of drug-likeness (QED) is 0.301. The van der Waals surface area contributed by atoms with Gasteiger partial charge in [-0.05, 0) is 70.2 Å². The van der Waals surface area contributed by atoms with Gasteiger partial charge in [-0.1, -0.05) is 13.8 Å². The van der Waals surface area contributed by atoms with Crippen LogP contribution in [0.2, 0.25) is 0 Å². The van der Waals surface area contributed by atoms with Crippen LogP contribution in [0.4, 0.5) is 0 Å². The fraction of sp³-hybridized carbons (Fsp3) is 0.889. The van der Waals surface area contributed by atoms with Crippen LogP contribution in [0.5, 0.6) is 0 Å². The standard InChI is InChI=1S/C11H21NO4.C7H16N2O.Pt/c1-3-12(4-2)7-5-6-9(11(15)16)8-10(13)14;8-5-7(6-9)1-3-10-4-2-7;/h9H,3-8H2,1-2H3,(H,13,14)(H,15,16);1-6,8-9H2;/q;;+2/p-2. The van der Waals surface area contributed by atoms with E-state index in [1.165, 1.54) is 0 Å². The Labute approximate surface area is 177 Å². The molecule has 27 heavy (non-hydrogen) atoms. The summed E-state index contributed by atoms with van der Waals surface area (Å²) in [4.78, 5) is 23.1. The molecule has 1 heterocycles. The van der Waals surface area contributed by atoms with Crippen molar-refractivity contribution in [1.29, 1.82) is 0 Å². The summed E-state index contributed by atoms with van der Waals surface area (Å²) in [6.07, 6.45) is 2.58. The Morgan fingerprint density at radius 2 is 1.63 bits per heavy atom. The maximum absolute atomic E-state index is 10.6. The number of ether oxygens (including phenoxy) is 1. The zero-order valence-corrected chi connectivity index (χ0v) is 18.8. The average molecular weight is 569 g/mol. The van der Waals surface area contributed by atoms with Gasteiger partial charge in [-0.25, -0.2) is 0 Å². The number of rotatable bonds is 11. The smallest absolute Gasteiger partial charge is 0.550 e. The summed E-state index contributed by atoms with van der Waals surface area (Å²) in [5.41, 5.74) is 11.4. The zero-order valence-electron chi connectivity index (χ0n) is 16.5. The first-order valence-corrected chi connectivity index (χ1v) is 9.45. The molecule has 0 aliphatic carbocycles. The van der Waals surface area contributed by atoms with E-state index in [1.807, 2.05) is 13.8 Å². The van der Waals surface area contributed by atoms with Crippen LogP contribution >= 0.6 is 0 Å². The molecule has 0 radical (unpaired) electrons. The van der Waals surface area contributed by atoms with Gasteiger partial charge in [0.1, 0.15) is 0 Å². The van der Waals surface area contributed by atoms with E-state index in [0.29, 0.717) is 25.9 Å². The predicted molar refractivity (Wildman–Crippen MR) is 95.7 cm³/mol. The molecule has 0 aromatic carbocycles. The first-order valence-electron chi connectivity index (χ1n) is 9.45. The van der Waals surface area contributed by atoms with E-state index < -0.39 is 24.3 Å². The van der Waals surface area contributed by atoms with Crippen molar-refractivity contribution in [1.82, 2.24) is 4.90 Å². The van der Waals surface area contributed by atoms with Gasteiger partial charge in [0.25, 0.3) is 0 Å². The molecule has 1 atom stereocenters. The van der Waals surface area contributed by atoms with Gasteiger partial charge in [0.2, 0.25) is 0 Å². The minimum absolute atomic E-state index is 0. The van der Waals surface area contributed by atoms with E-state index in [9.17, 15) is 19.8 Å². The Morgan fingerprint density at radius 1 is 1.11 bits per heavy atom. The van der Waals surface area contributed by atoms with Crippen LogP contribution in [0.15, 0.2) is 0 Å². The number of carboxylic acid groups (broad SMARTS) is 2. The molecule has 0 bridgehead atoms. The minimum atomic E-state index is -1.34. The normalized spacial score (nSPS) is 16.6. The van der Waals surface area contributed by atoms with Gasteiger partial charge in [0.15, 0.2) is 0 Å². The molecular formula is C18H35N3O5Pt. The molecule has 1 rings (SSSR count). The third-order valence-electron chi connectivity index (χ3n) is 5.09. The summed E-state index contributed by atoms with van der Waals surface area (Å²) in [5.74, 6) is -3.57. The van der Waals surface area contributed by atoms with Gasteiger partial charge in [0.05, 0.1) is 0 Å². The van der Waals surface area contributed by atoms with Crippen LogP contribution in [0, 0.1) is 11.3 Å². The van der Waals surface area contributed by atoms with Crippen molar-refractivity contribution in [2.75, 3.05) is 45.9 Å². The molecule has 0 aromatic heterocycles. The molecule has 0 amide bonds. The van der Waals surface area contributed by atoms with Crippen LogP contribution in [-0.4, -0.2) is 62.8 Å². The number of carbonyl (C=O) groups excluding carboxylic acids is 2. The van der Waals surface area contributed by atoms with Gasteiger partial charge in [-0.3, -0.25) is 0 Å². The molecule has 0 aromatic rings. The molecule has 8 nitrogen and oxygen atoms in total. The fourth-order valence-electron chi connectivity index (χ4n) is 2.90. The molecule has 1 fully saturated rings. The van der Waals surface area contributed by atoms with Crippen LogP contribution < -0.4 is 21.7 Å². The van der Waals surface area contributed by atoms with Gasteiger partial charge in [-0.15, -0.1) is 0 Å². The predicted octanol–water partition coefficient (Wildman–Crippen LogP) is -1.69. The Morgan fingerprint density at radius 3 is 1.96 bits per heavy atom. The Kier molecular flexibility index (Phi) is 17.4. The van der Waals surface area contributed by atoms with Crippen molar-refractivity contribution in [3.63, 3.8) is 0 Å². The Hall–Kier alpha value is -0.532. The zero-order chi connectivity index (χ0) is 20.0. The van der Waals surface area contributed by atoms with Gasteiger partial charge in [0, 0.05) is 31.1 Å². The van der Waals surface area contributed by atoms with Crippen LogP contribution in [0.3, 0.4) is 0 Å². The molecule has 0 spiro atoms. The third kappa shape index (κ3) is 12.5. The van der Waals surface area contributed by atoms with Crippen molar-refractivity contribution in [2.24, 2.45) is 22.8 Å². The van der Waals surface area contributed by atoms with E-state index >= 15 is 0 Å². The van der Waals surface area contributed by atoms with Crippen LogP contribution in [0.1, 0.15) is 46.0 Å². The van der Waals surface area contributed by atoms with Crippen molar-refractivity contribution in [2.45, 2.75) is 46.0 Å². The summed E-state index contributed by atoms with van der Waals surface area (Å²) < 4.78 is 5.22. The summed E-state index contributed by atoms with van der Waals surface area (Å²) in [7, 11) is 0. The van der Waals surface area contributed by atoms with E-state index in [4.69, 9.17) is 16.2 Å². The Bertz CT molecular complexity index is 396. The van der Waals surface area contributed by atoms with E-state index in [2.05, 4.69) is 4.90 Å². The molecule has 1 saturated heterocycles.